The van der Waals surface area contributed by atoms with Crippen LogP contribution in [0.3, 0.4) is 0 Å². The molecule has 2 rings (SSSR count). The molecular formula is C10H10N2O4. The third-order valence-electron chi connectivity index (χ3n) is 2.09. The Morgan fingerprint density at radius 1 is 1.56 bits per heavy atom. The maximum Gasteiger partial charge on any atom is 0.339 e. The first-order chi connectivity index (χ1) is 7.61. The number of aromatic amines is 1. The fourth-order valence-corrected chi connectivity index (χ4v) is 1.42. The van der Waals surface area contributed by atoms with Gasteiger partial charge in [-0.25, -0.2) is 4.79 Å². The molecule has 6 nitrogen and oxygen atoms in total. The Kier molecular flexibility index (Phi) is 2.40. The largest absolute Gasteiger partial charge is 0.494 e. The second kappa shape index (κ2) is 3.73. The van der Waals surface area contributed by atoms with Crippen molar-refractivity contribution < 1.29 is 14.6 Å². The summed E-state index contributed by atoms with van der Waals surface area (Å²) in [6.45, 7) is 1.97. The molecule has 0 atom stereocenters. The number of fused-ring (bicyclic) bond motifs is 1. The second-order valence-corrected chi connectivity index (χ2v) is 3.20. The summed E-state index contributed by atoms with van der Waals surface area (Å²) in [5.74, 6) is -0.722. The molecule has 2 heterocycles. The lowest BCUT2D eigenvalue weighted by Crippen LogP contribution is -2.05. The van der Waals surface area contributed by atoms with Gasteiger partial charge in [0.05, 0.1) is 18.2 Å². The predicted octanol–water partition coefficient (Wildman–Crippen LogP) is 0.510. The minimum Gasteiger partial charge on any atom is -0.494 e. The summed E-state index contributed by atoms with van der Waals surface area (Å²) in [5, 5.41) is 9.47. The number of ether oxygens (including phenoxy) is 1. The molecule has 2 N–H and O–H groups in total. The van der Waals surface area contributed by atoms with Crippen molar-refractivity contribution >= 4 is 11.6 Å². The number of aromatic nitrogens is 2. The van der Waals surface area contributed by atoms with Crippen molar-refractivity contribution in [3.8, 4) is 5.88 Å². The number of carbonyl (C=O) groups excluding carboxylic acids is 1. The Labute approximate surface area is 90.1 Å². The summed E-state index contributed by atoms with van der Waals surface area (Å²) >= 11 is 0. The molecule has 2 aromatic heterocycles. The predicted molar refractivity (Wildman–Crippen MR) is 55.6 cm³/mol. The smallest absolute Gasteiger partial charge is 0.339 e. The van der Waals surface area contributed by atoms with Gasteiger partial charge in [-0.2, -0.15) is 0 Å². The molecule has 2 aromatic rings. The number of aromatic hydroxyl groups is 1. The zero-order valence-electron chi connectivity index (χ0n) is 8.56. The van der Waals surface area contributed by atoms with Gasteiger partial charge in [-0.15, -0.1) is 0 Å². The van der Waals surface area contributed by atoms with Gasteiger partial charge in [0.1, 0.15) is 5.65 Å². The van der Waals surface area contributed by atoms with Gasteiger partial charge >= 0.3 is 5.97 Å². The summed E-state index contributed by atoms with van der Waals surface area (Å²) < 4.78 is 6.10. The molecule has 0 unspecified atom stereocenters. The van der Waals surface area contributed by atoms with Gasteiger partial charge in [-0.1, -0.05) is 0 Å². The van der Waals surface area contributed by atoms with Crippen LogP contribution in [0.5, 0.6) is 5.88 Å². The first-order valence-corrected chi connectivity index (χ1v) is 4.73. The quantitative estimate of drug-likeness (QED) is 0.725. The molecule has 0 aliphatic carbocycles. The van der Waals surface area contributed by atoms with Crippen molar-refractivity contribution in [2.45, 2.75) is 6.92 Å². The van der Waals surface area contributed by atoms with E-state index in [1.54, 1.807) is 6.92 Å². The topological polar surface area (TPSA) is 83.8 Å². The summed E-state index contributed by atoms with van der Waals surface area (Å²) in [4.78, 5) is 25.0. The minimum absolute atomic E-state index is 0.228. The first kappa shape index (κ1) is 10.3. The number of hydrogen-bond acceptors (Lipinski definition) is 4. The number of esters is 1. The third kappa shape index (κ3) is 1.65. The molecule has 84 valence electrons. The Hall–Kier alpha value is -2.24. The van der Waals surface area contributed by atoms with E-state index in [1.165, 1.54) is 16.7 Å². The van der Waals surface area contributed by atoms with Crippen molar-refractivity contribution in [1.82, 2.24) is 9.38 Å². The van der Waals surface area contributed by atoms with Gasteiger partial charge in [-0.05, 0) is 13.0 Å². The lowest BCUT2D eigenvalue weighted by Gasteiger charge is -1.97. The van der Waals surface area contributed by atoms with Crippen LogP contribution in [0, 0.1) is 0 Å². The monoisotopic (exact) mass is 222 g/mol. The Balaban J connectivity index is 2.56. The van der Waals surface area contributed by atoms with Crippen LogP contribution in [0.25, 0.3) is 5.65 Å². The van der Waals surface area contributed by atoms with E-state index in [-0.39, 0.29) is 18.1 Å². The Morgan fingerprint density at radius 2 is 2.31 bits per heavy atom. The molecule has 0 aliphatic rings. The lowest BCUT2D eigenvalue weighted by molar-refractivity contribution is 0.0526. The standard InChI is InChI=1S/C10H10N2O4/c1-2-16-10(15)6-3-7-11-8(13)4-9(14)12(7)5-6/h3-5,14H,2H2,1H3,(H,11,13). The zero-order chi connectivity index (χ0) is 11.7. The number of hydrogen-bond donors (Lipinski definition) is 2. The average molecular weight is 222 g/mol. The van der Waals surface area contributed by atoms with Crippen LogP contribution in [0.2, 0.25) is 0 Å². The van der Waals surface area contributed by atoms with Gasteiger partial charge in [0, 0.05) is 6.20 Å². The molecule has 0 amide bonds. The van der Waals surface area contributed by atoms with E-state index in [2.05, 4.69) is 4.98 Å². The summed E-state index contributed by atoms with van der Waals surface area (Å²) in [5.41, 5.74) is 0.186. The molecular weight excluding hydrogens is 212 g/mol. The van der Waals surface area contributed by atoms with Crippen LogP contribution >= 0.6 is 0 Å². The molecule has 6 heteroatoms. The van der Waals surface area contributed by atoms with Crippen molar-refractivity contribution in [2.24, 2.45) is 0 Å². The molecule has 0 aliphatic heterocycles. The van der Waals surface area contributed by atoms with Crippen LogP contribution in [0.4, 0.5) is 0 Å². The fourth-order valence-electron chi connectivity index (χ4n) is 1.42. The number of carbonyl (C=O) groups is 1. The van der Waals surface area contributed by atoms with Crippen molar-refractivity contribution in [3.63, 3.8) is 0 Å². The van der Waals surface area contributed by atoms with Gasteiger partial charge < -0.3 is 14.8 Å². The number of nitrogens with zero attached hydrogens (tertiary/aromatic N) is 1. The number of H-pyrrole nitrogens is 1. The summed E-state index contributed by atoms with van der Waals surface area (Å²) in [7, 11) is 0. The van der Waals surface area contributed by atoms with Gasteiger partial charge in [0.2, 0.25) is 5.88 Å². The normalized spacial score (nSPS) is 10.6. The lowest BCUT2D eigenvalue weighted by atomic mass is 10.3. The summed E-state index contributed by atoms with van der Waals surface area (Å²) in [6.07, 6.45) is 1.40. The molecule has 0 spiro atoms. The van der Waals surface area contributed by atoms with E-state index < -0.39 is 11.5 Å². The summed E-state index contributed by atoms with van der Waals surface area (Å²) in [6, 6.07) is 2.47. The van der Waals surface area contributed by atoms with Crippen molar-refractivity contribution in [3.05, 3.63) is 34.2 Å². The third-order valence-corrected chi connectivity index (χ3v) is 2.09. The molecule has 0 radical (unpaired) electrons. The van der Waals surface area contributed by atoms with Crippen LogP contribution in [-0.2, 0) is 4.74 Å². The van der Waals surface area contributed by atoms with E-state index >= 15 is 0 Å². The van der Waals surface area contributed by atoms with Crippen molar-refractivity contribution in [1.29, 1.82) is 0 Å². The number of nitrogens with one attached hydrogen (secondary N) is 1. The molecule has 0 saturated heterocycles. The minimum atomic E-state index is -0.494. The Bertz CT molecular complexity index is 596. The molecule has 0 bridgehead atoms. The molecule has 16 heavy (non-hydrogen) atoms. The van der Waals surface area contributed by atoms with Crippen LogP contribution in [0.1, 0.15) is 17.3 Å². The highest BCUT2D eigenvalue weighted by Gasteiger charge is 2.11. The van der Waals surface area contributed by atoms with Gasteiger partial charge in [0.15, 0.2) is 0 Å². The zero-order valence-corrected chi connectivity index (χ0v) is 8.56. The van der Waals surface area contributed by atoms with E-state index in [0.717, 1.165) is 6.07 Å². The average Bonchev–Trinajstić information content (AvgIpc) is 2.62. The highest BCUT2D eigenvalue weighted by molar-refractivity contribution is 5.90. The van der Waals surface area contributed by atoms with E-state index in [0.29, 0.717) is 5.65 Å². The SMILES string of the molecule is CCOC(=O)c1cc2[nH]c(=O)cc(O)n2c1. The number of rotatable bonds is 2. The van der Waals surface area contributed by atoms with E-state index in [1.807, 2.05) is 0 Å². The molecule has 0 saturated carbocycles. The van der Waals surface area contributed by atoms with Crippen molar-refractivity contribution in [2.75, 3.05) is 6.61 Å². The van der Waals surface area contributed by atoms with E-state index in [4.69, 9.17) is 4.74 Å². The maximum atomic E-state index is 11.4. The highest BCUT2D eigenvalue weighted by Crippen LogP contribution is 2.13. The first-order valence-electron chi connectivity index (χ1n) is 4.73. The van der Waals surface area contributed by atoms with Gasteiger partial charge in [0.25, 0.3) is 5.56 Å². The van der Waals surface area contributed by atoms with Crippen LogP contribution in [0.15, 0.2) is 23.1 Å². The van der Waals surface area contributed by atoms with Gasteiger partial charge in [-0.3, -0.25) is 9.20 Å². The van der Waals surface area contributed by atoms with Crippen LogP contribution < -0.4 is 5.56 Å². The molecule has 0 fully saturated rings. The van der Waals surface area contributed by atoms with E-state index in [9.17, 15) is 14.7 Å². The maximum absolute atomic E-state index is 11.4. The Morgan fingerprint density at radius 3 is 3.00 bits per heavy atom. The fraction of sp³-hybridized carbons (Fsp3) is 0.200. The highest BCUT2D eigenvalue weighted by atomic mass is 16.5. The molecule has 0 aromatic carbocycles. The van der Waals surface area contributed by atoms with Crippen LogP contribution in [-0.4, -0.2) is 27.1 Å². The second-order valence-electron chi connectivity index (χ2n) is 3.20.